The Morgan fingerprint density at radius 1 is 1.05 bits per heavy atom. The summed E-state index contributed by atoms with van der Waals surface area (Å²) in [6.07, 6.45) is 6.79. The van der Waals surface area contributed by atoms with Crippen LogP contribution in [0.5, 0.6) is 5.75 Å². The van der Waals surface area contributed by atoms with Gasteiger partial charge in [0.15, 0.2) is 5.78 Å². The summed E-state index contributed by atoms with van der Waals surface area (Å²) in [5.74, 6) is 0.919. The van der Waals surface area contributed by atoms with Gasteiger partial charge in [-0.25, -0.2) is 0 Å². The number of hydrogen-bond donors (Lipinski definition) is 1. The summed E-state index contributed by atoms with van der Waals surface area (Å²) in [7, 11) is 0. The molecule has 0 bridgehead atoms. The van der Waals surface area contributed by atoms with Gasteiger partial charge in [0.05, 0.1) is 19.7 Å². The van der Waals surface area contributed by atoms with Crippen molar-refractivity contribution in [2.45, 2.75) is 58.4 Å². The second kappa shape index (κ2) is 14.2. The van der Waals surface area contributed by atoms with Gasteiger partial charge in [-0.05, 0) is 61.7 Å². The minimum atomic E-state index is -1.38. The van der Waals surface area contributed by atoms with Gasteiger partial charge < -0.3 is 20.0 Å². The Balaban J connectivity index is 1.40. The fraction of sp³-hybridized carbons (Fsp3) is 0.536. The molecule has 202 valence electrons. The van der Waals surface area contributed by atoms with E-state index in [0.29, 0.717) is 45.6 Å². The van der Waals surface area contributed by atoms with Crippen LogP contribution in [0.4, 0.5) is 4.79 Å². The van der Waals surface area contributed by atoms with E-state index >= 15 is 0 Å². The van der Waals surface area contributed by atoms with Crippen molar-refractivity contribution in [2.75, 3.05) is 39.3 Å². The molecule has 1 saturated heterocycles. The van der Waals surface area contributed by atoms with Crippen LogP contribution >= 0.6 is 0 Å². The maximum Gasteiger partial charge on any atom is 0.534 e. The van der Waals surface area contributed by atoms with E-state index in [1.165, 1.54) is 5.01 Å². The van der Waals surface area contributed by atoms with Crippen molar-refractivity contribution in [3.63, 3.8) is 0 Å². The summed E-state index contributed by atoms with van der Waals surface area (Å²) in [4.78, 5) is 30.5. The minimum Gasteiger partial charge on any atom is -0.601 e. The van der Waals surface area contributed by atoms with Gasteiger partial charge in [-0.15, -0.1) is 5.01 Å². The molecule has 1 fully saturated rings. The third kappa shape index (κ3) is 8.07. The van der Waals surface area contributed by atoms with Crippen LogP contribution in [-0.2, 0) is 6.42 Å². The highest BCUT2D eigenvalue weighted by molar-refractivity contribution is 5.96. The van der Waals surface area contributed by atoms with Crippen molar-refractivity contribution in [2.24, 2.45) is 0 Å². The van der Waals surface area contributed by atoms with Crippen LogP contribution in [0.15, 0.2) is 48.8 Å². The number of ketones is 1. The lowest BCUT2D eigenvalue weighted by molar-refractivity contribution is -0.950. The molecule has 9 heteroatoms. The Kier molecular flexibility index (Phi) is 11.0. The number of carboxylic acid groups (broad SMARTS) is 1. The Hall–Kier alpha value is -2.85. The second-order valence-corrected chi connectivity index (χ2v) is 9.72. The monoisotopic (exact) mass is 512 g/mol. The molecular formula is C28H40N4O5. The number of ether oxygens (including phenoxy) is 1. The highest BCUT2D eigenvalue weighted by Crippen LogP contribution is 2.23. The summed E-state index contributed by atoms with van der Waals surface area (Å²) in [6.45, 7) is 7.22. The summed E-state index contributed by atoms with van der Waals surface area (Å²) in [6, 6.07) is 10.3. The van der Waals surface area contributed by atoms with Gasteiger partial charge in [-0.2, -0.15) is 9.55 Å². The van der Waals surface area contributed by atoms with Gasteiger partial charge in [0.1, 0.15) is 11.8 Å². The van der Waals surface area contributed by atoms with Crippen molar-refractivity contribution in [3.8, 4) is 5.75 Å². The zero-order valence-corrected chi connectivity index (χ0v) is 22.1. The van der Waals surface area contributed by atoms with E-state index in [9.17, 15) is 19.9 Å². The number of hydrogen-bond acceptors (Lipinski definition) is 7. The van der Waals surface area contributed by atoms with Crippen LogP contribution in [-0.4, -0.2) is 82.0 Å². The Labute approximate surface area is 219 Å². The van der Waals surface area contributed by atoms with Gasteiger partial charge in [0, 0.05) is 50.4 Å². The molecule has 0 saturated carbocycles. The van der Waals surface area contributed by atoms with Gasteiger partial charge >= 0.3 is 6.09 Å². The molecule has 1 aromatic carbocycles. The number of quaternary nitrogens is 1. The molecule has 1 aliphatic rings. The van der Waals surface area contributed by atoms with E-state index in [1.54, 1.807) is 19.3 Å². The number of nitrogens with zero attached hydrogens (tertiary/aromatic N) is 4. The molecular weight excluding hydrogens is 472 g/mol. The second-order valence-electron chi connectivity index (χ2n) is 9.72. The first-order valence-corrected chi connectivity index (χ1v) is 13.3. The molecule has 9 nitrogen and oxygen atoms in total. The Morgan fingerprint density at radius 3 is 2.35 bits per heavy atom. The van der Waals surface area contributed by atoms with Crippen molar-refractivity contribution in [1.82, 2.24) is 14.9 Å². The molecule has 1 amide bonds. The van der Waals surface area contributed by atoms with Crippen molar-refractivity contribution in [1.29, 1.82) is 0 Å². The maximum atomic E-state index is 13.5. The number of hydroxylamine groups is 2. The van der Waals surface area contributed by atoms with E-state index in [4.69, 9.17) is 4.74 Å². The Morgan fingerprint density at radius 2 is 1.73 bits per heavy atom. The number of piperazine rings is 1. The molecule has 2 atom stereocenters. The smallest absolute Gasteiger partial charge is 0.534 e. The predicted octanol–water partition coefficient (Wildman–Crippen LogP) is 4.77. The molecule has 1 aromatic heterocycles. The lowest BCUT2D eigenvalue weighted by atomic mass is 10.0. The quantitative estimate of drug-likeness (QED) is 0.167. The number of Topliss-reactive ketones (excluding diaryl/α,β-unsaturated/α-hetero) is 1. The van der Waals surface area contributed by atoms with Crippen LogP contribution in [0.25, 0.3) is 0 Å². The molecule has 2 unspecified atom stereocenters. The average Bonchev–Trinajstić information content (AvgIpc) is 2.91. The van der Waals surface area contributed by atoms with Crippen LogP contribution in [0.2, 0.25) is 0 Å². The van der Waals surface area contributed by atoms with E-state index in [0.717, 1.165) is 49.1 Å². The third-order valence-corrected chi connectivity index (χ3v) is 6.99. The van der Waals surface area contributed by atoms with Crippen molar-refractivity contribution < 1.29 is 24.2 Å². The first-order chi connectivity index (χ1) is 17.8. The molecule has 1 N–H and O–H groups in total. The topological polar surface area (TPSA) is 106 Å². The van der Waals surface area contributed by atoms with Crippen LogP contribution in [0.3, 0.4) is 0 Å². The summed E-state index contributed by atoms with van der Waals surface area (Å²) in [5, 5.41) is 24.9. The first-order valence-electron chi connectivity index (χ1n) is 13.3. The van der Waals surface area contributed by atoms with E-state index in [1.807, 2.05) is 36.4 Å². The fourth-order valence-electron chi connectivity index (χ4n) is 4.73. The molecule has 1 aliphatic heterocycles. The molecule has 0 aliphatic carbocycles. The molecule has 3 rings (SSSR count). The lowest BCUT2D eigenvalue weighted by Gasteiger charge is -2.50. The van der Waals surface area contributed by atoms with Gasteiger partial charge in [-0.3, -0.25) is 9.78 Å². The van der Waals surface area contributed by atoms with Crippen LogP contribution in [0, 0.1) is 5.21 Å². The highest BCUT2D eigenvalue weighted by Gasteiger charge is 2.42. The number of carbonyl (C=O) groups is 2. The summed E-state index contributed by atoms with van der Waals surface area (Å²) >= 11 is 0. The normalized spacial score (nSPS) is 17.2. The van der Waals surface area contributed by atoms with Gasteiger partial charge in [-0.1, -0.05) is 19.8 Å². The average molecular weight is 513 g/mol. The molecule has 37 heavy (non-hydrogen) atoms. The standard InChI is InChI=1S/C28H40N4O5/c1-3-4-5-7-27(33)25-8-10-26(11-9-25)37-21-6-16-30-17-19-31(20-18-30)32(36,28(34)35)23(2)22-24-12-14-29-15-13-24/h8-15,23H,3-7,16-22H2,1-2H3,(H,34,35). The zero-order chi connectivity index (χ0) is 26.7. The minimum absolute atomic E-state index is 0.175. The number of pyridine rings is 1. The molecule has 2 aromatic rings. The summed E-state index contributed by atoms with van der Waals surface area (Å²) < 4.78 is 4.48. The molecule has 2 heterocycles. The lowest BCUT2D eigenvalue weighted by Crippen LogP contribution is -2.68. The number of carbonyl (C=O) groups excluding carboxylic acids is 1. The first kappa shape index (κ1) is 28.7. The van der Waals surface area contributed by atoms with Crippen molar-refractivity contribution >= 4 is 11.9 Å². The van der Waals surface area contributed by atoms with E-state index in [-0.39, 0.29) is 5.78 Å². The number of aromatic nitrogens is 1. The molecule has 0 spiro atoms. The highest BCUT2D eigenvalue weighted by atomic mass is 16.7. The molecule has 0 radical (unpaired) electrons. The zero-order valence-electron chi connectivity index (χ0n) is 22.1. The number of rotatable bonds is 14. The Bertz CT molecular complexity index is 980. The van der Waals surface area contributed by atoms with Crippen molar-refractivity contribution in [3.05, 3.63) is 65.1 Å². The summed E-state index contributed by atoms with van der Waals surface area (Å²) in [5.41, 5.74) is 1.62. The van der Waals surface area contributed by atoms with E-state index < -0.39 is 16.9 Å². The van der Waals surface area contributed by atoms with Gasteiger partial charge in [0.25, 0.3) is 0 Å². The van der Waals surface area contributed by atoms with E-state index in [2.05, 4.69) is 16.8 Å². The van der Waals surface area contributed by atoms with Crippen LogP contribution in [0.1, 0.15) is 61.9 Å². The number of amides is 1. The number of unbranched alkanes of at least 4 members (excludes halogenated alkanes) is 2. The fourth-order valence-corrected chi connectivity index (χ4v) is 4.73. The maximum absolute atomic E-state index is 13.5. The predicted molar refractivity (Wildman–Crippen MR) is 142 cm³/mol. The van der Waals surface area contributed by atoms with Crippen LogP contribution < -0.4 is 4.74 Å². The van der Waals surface area contributed by atoms with Gasteiger partial charge in [0.2, 0.25) is 0 Å². The largest absolute Gasteiger partial charge is 0.601 e. The SMILES string of the molecule is CCCCCC(=O)c1ccc(OCCCN2CCN([N+]([O-])(C(=O)O)C(C)Cc3ccncc3)CC2)cc1. The number of benzene rings is 1. The third-order valence-electron chi connectivity index (χ3n) is 6.99.